The first-order valence-electron chi connectivity index (χ1n) is 6.59. The molecule has 0 heterocycles. The third kappa shape index (κ3) is 2.83. The first-order chi connectivity index (χ1) is 8.69. The topological polar surface area (TPSA) is 20.2 Å². The van der Waals surface area contributed by atoms with E-state index in [0.717, 1.165) is 35.5 Å². The number of hydrogen-bond acceptors (Lipinski definition) is 1. The number of aliphatic hydroxyl groups is 1. The quantitative estimate of drug-likeness (QED) is 0.715. The van der Waals surface area contributed by atoms with E-state index in [0.29, 0.717) is 0 Å². The Morgan fingerprint density at radius 2 is 1.00 bits per heavy atom. The predicted molar refractivity (Wildman–Crippen MR) is 85.8 cm³/mol. The second kappa shape index (κ2) is 7.66. The standard InChI is InChI=1S/C15H22Br2O/c1-4-10-13(7-16)11(5-2)15(9-18)12(6-3)14(10)8-17/h18H,4-9H2,1-3H3. The fourth-order valence-corrected chi connectivity index (χ4v) is 4.24. The third-order valence-electron chi connectivity index (χ3n) is 3.67. The lowest BCUT2D eigenvalue weighted by atomic mass is 9.85. The molecule has 102 valence electrons. The second-order valence-corrected chi connectivity index (χ2v) is 5.48. The van der Waals surface area contributed by atoms with Crippen molar-refractivity contribution in [3.8, 4) is 0 Å². The summed E-state index contributed by atoms with van der Waals surface area (Å²) in [5.74, 6) is 0. The lowest BCUT2D eigenvalue weighted by molar-refractivity contribution is 0.279. The van der Waals surface area contributed by atoms with Gasteiger partial charge in [0.25, 0.3) is 0 Å². The van der Waals surface area contributed by atoms with E-state index in [1.165, 1.54) is 27.8 Å². The zero-order valence-electron chi connectivity index (χ0n) is 11.4. The Hall–Kier alpha value is 0.140. The Balaban J connectivity index is 3.71. The van der Waals surface area contributed by atoms with E-state index in [1.807, 2.05) is 0 Å². The molecule has 0 aliphatic heterocycles. The second-order valence-electron chi connectivity index (χ2n) is 4.36. The van der Waals surface area contributed by atoms with Crippen LogP contribution in [0.1, 0.15) is 54.2 Å². The van der Waals surface area contributed by atoms with Gasteiger partial charge in [0.1, 0.15) is 0 Å². The van der Waals surface area contributed by atoms with Crippen LogP contribution in [0, 0.1) is 0 Å². The normalized spacial score (nSPS) is 11.0. The molecule has 1 rings (SSSR count). The minimum atomic E-state index is 0.149. The van der Waals surface area contributed by atoms with Crippen molar-refractivity contribution in [1.82, 2.24) is 0 Å². The molecule has 0 amide bonds. The molecule has 0 unspecified atom stereocenters. The predicted octanol–water partition coefficient (Wildman–Crippen LogP) is 4.66. The van der Waals surface area contributed by atoms with Crippen molar-refractivity contribution in [3.05, 3.63) is 33.4 Å². The van der Waals surface area contributed by atoms with Crippen LogP contribution in [-0.4, -0.2) is 5.11 Å². The van der Waals surface area contributed by atoms with Gasteiger partial charge in [-0.05, 0) is 52.6 Å². The molecule has 0 aromatic heterocycles. The number of aliphatic hydroxyl groups excluding tert-OH is 1. The Morgan fingerprint density at radius 3 is 1.22 bits per heavy atom. The van der Waals surface area contributed by atoms with Crippen molar-refractivity contribution in [1.29, 1.82) is 0 Å². The Morgan fingerprint density at radius 1 is 0.667 bits per heavy atom. The van der Waals surface area contributed by atoms with E-state index in [1.54, 1.807) is 0 Å². The van der Waals surface area contributed by atoms with E-state index in [9.17, 15) is 5.11 Å². The van der Waals surface area contributed by atoms with Gasteiger partial charge in [-0.3, -0.25) is 0 Å². The van der Waals surface area contributed by atoms with Crippen LogP contribution in [-0.2, 0) is 36.5 Å². The highest BCUT2D eigenvalue weighted by Crippen LogP contribution is 2.33. The molecule has 0 aliphatic rings. The highest BCUT2D eigenvalue weighted by Gasteiger charge is 2.19. The van der Waals surface area contributed by atoms with Gasteiger partial charge in [-0.2, -0.15) is 0 Å². The maximum absolute atomic E-state index is 9.73. The molecular formula is C15H22Br2O. The van der Waals surface area contributed by atoms with Gasteiger partial charge in [-0.15, -0.1) is 0 Å². The fraction of sp³-hybridized carbons (Fsp3) is 0.600. The highest BCUT2D eigenvalue weighted by atomic mass is 79.9. The minimum Gasteiger partial charge on any atom is -0.392 e. The van der Waals surface area contributed by atoms with Crippen LogP contribution in [0.2, 0.25) is 0 Å². The number of rotatable bonds is 6. The number of hydrogen-bond donors (Lipinski definition) is 1. The lowest BCUT2D eigenvalue weighted by Crippen LogP contribution is -2.11. The first-order valence-corrected chi connectivity index (χ1v) is 8.84. The van der Waals surface area contributed by atoms with Gasteiger partial charge in [0.2, 0.25) is 0 Å². The molecule has 0 saturated heterocycles. The molecule has 0 bridgehead atoms. The lowest BCUT2D eigenvalue weighted by Gasteiger charge is -2.23. The van der Waals surface area contributed by atoms with Crippen LogP contribution in [0.5, 0.6) is 0 Å². The van der Waals surface area contributed by atoms with Crippen molar-refractivity contribution >= 4 is 31.9 Å². The maximum atomic E-state index is 9.73. The SMILES string of the molecule is CCc1c(CO)c(CC)c(CBr)c(CC)c1CBr. The molecular weight excluding hydrogens is 356 g/mol. The molecule has 0 aliphatic carbocycles. The zero-order chi connectivity index (χ0) is 13.7. The summed E-state index contributed by atoms with van der Waals surface area (Å²) in [6.45, 7) is 6.71. The van der Waals surface area contributed by atoms with Crippen molar-refractivity contribution in [3.63, 3.8) is 0 Å². The number of halogens is 2. The molecule has 0 saturated carbocycles. The van der Waals surface area contributed by atoms with Crippen LogP contribution < -0.4 is 0 Å². The van der Waals surface area contributed by atoms with Crippen molar-refractivity contribution in [2.75, 3.05) is 0 Å². The van der Waals surface area contributed by atoms with Crippen molar-refractivity contribution in [2.24, 2.45) is 0 Å². The molecule has 3 heteroatoms. The van der Waals surface area contributed by atoms with E-state index in [2.05, 4.69) is 52.6 Å². The first kappa shape index (κ1) is 16.2. The van der Waals surface area contributed by atoms with Gasteiger partial charge in [-0.25, -0.2) is 0 Å². The van der Waals surface area contributed by atoms with E-state index in [-0.39, 0.29) is 6.61 Å². The van der Waals surface area contributed by atoms with Crippen LogP contribution in [0.15, 0.2) is 0 Å². The van der Waals surface area contributed by atoms with E-state index in [4.69, 9.17) is 0 Å². The third-order valence-corrected chi connectivity index (χ3v) is 4.79. The summed E-state index contributed by atoms with van der Waals surface area (Å²) in [7, 11) is 0. The molecule has 1 N–H and O–H groups in total. The Labute approximate surface area is 127 Å². The molecule has 0 fully saturated rings. The van der Waals surface area contributed by atoms with Crippen molar-refractivity contribution < 1.29 is 5.11 Å². The monoisotopic (exact) mass is 376 g/mol. The average Bonchev–Trinajstić information content (AvgIpc) is 2.43. The van der Waals surface area contributed by atoms with Gasteiger partial charge in [0.05, 0.1) is 6.61 Å². The molecule has 0 radical (unpaired) electrons. The summed E-state index contributed by atoms with van der Waals surface area (Å²) in [4.78, 5) is 0. The summed E-state index contributed by atoms with van der Waals surface area (Å²) in [5, 5.41) is 11.5. The largest absolute Gasteiger partial charge is 0.392 e. The van der Waals surface area contributed by atoms with Crippen LogP contribution in [0.25, 0.3) is 0 Å². The summed E-state index contributed by atoms with van der Waals surface area (Å²) < 4.78 is 0. The summed E-state index contributed by atoms with van der Waals surface area (Å²) in [5.41, 5.74) is 8.06. The molecule has 1 aromatic rings. The van der Waals surface area contributed by atoms with Crippen LogP contribution >= 0.6 is 31.9 Å². The number of alkyl halides is 2. The average molecular weight is 378 g/mol. The summed E-state index contributed by atoms with van der Waals surface area (Å²) in [6, 6.07) is 0. The Bertz CT molecular complexity index is 293. The molecule has 18 heavy (non-hydrogen) atoms. The molecule has 1 aromatic carbocycles. The smallest absolute Gasteiger partial charge is 0.0687 e. The van der Waals surface area contributed by atoms with E-state index >= 15 is 0 Å². The van der Waals surface area contributed by atoms with Crippen molar-refractivity contribution in [2.45, 2.75) is 57.3 Å². The molecule has 1 nitrogen and oxygen atoms in total. The van der Waals surface area contributed by atoms with Gasteiger partial charge in [0.15, 0.2) is 0 Å². The fourth-order valence-electron chi connectivity index (χ4n) is 2.89. The molecule has 0 spiro atoms. The highest BCUT2D eigenvalue weighted by molar-refractivity contribution is 9.08. The molecule has 0 atom stereocenters. The van der Waals surface area contributed by atoms with Crippen LogP contribution in [0.3, 0.4) is 0 Å². The van der Waals surface area contributed by atoms with Gasteiger partial charge < -0.3 is 5.11 Å². The van der Waals surface area contributed by atoms with E-state index < -0.39 is 0 Å². The van der Waals surface area contributed by atoms with Gasteiger partial charge in [0, 0.05) is 10.7 Å². The minimum absolute atomic E-state index is 0.149. The van der Waals surface area contributed by atoms with Gasteiger partial charge >= 0.3 is 0 Å². The summed E-state index contributed by atoms with van der Waals surface area (Å²) >= 11 is 7.23. The number of benzene rings is 1. The maximum Gasteiger partial charge on any atom is 0.0687 e. The Kier molecular flexibility index (Phi) is 6.89. The van der Waals surface area contributed by atoms with Gasteiger partial charge in [-0.1, -0.05) is 52.6 Å². The van der Waals surface area contributed by atoms with Crippen LogP contribution in [0.4, 0.5) is 0 Å². The summed E-state index contributed by atoms with van der Waals surface area (Å²) in [6.07, 6.45) is 3.02. The zero-order valence-corrected chi connectivity index (χ0v) is 14.6.